The van der Waals surface area contributed by atoms with E-state index in [1.54, 1.807) is 7.11 Å². The van der Waals surface area contributed by atoms with Crippen LogP contribution >= 0.6 is 12.4 Å². The van der Waals surface area contributed by atoms with Crippen LogP contribution in [0.5, 0.6) is 11.5 Å². The van der Waals surface area contributed by atoms with E-state index in [2.05, 4.69) is 10.6 Å². The minimum absolute atomic E-state index is 0. The zero-order valence-electron chi connectivity index (χ0n) is 15.1. The highest BCUT2D eigenvalue weighted by Gasteiger charge is 2.11. The molecule has 0 radical (unpaired) electrons. The van der Waals surface area contributed by atoms with Crippen molar-refractivity contribution in [2.45, 2.75) is 51.0 Å². The van der Waals surface area contributed by atoms with Crippen molar-refractivity contribution in [3.05, 3.63) is 24.3 Å². The van der Waals surface area contributed by atoms with Crippen LogP contribution in [-0.2, 0) is 4.79 Å². The first-order chi connectivity index (χ1) is 11.8. The Labute approximate surface area is 157 Å². The zero-order chi connectivity index (χ0) is 17.0. The van der Waals surface area contributed by atoms with Crippen LogP contribution in [0, 0.1) is 0 Å². The second kappa shape index (κ2) is 12.8. The molecule has 5 nitrogen and oxygen atoms in total. The summed E-state index contributed by atoms with van der Waals surface area (Å²) >= 11 is 0. The van der Waals surface area contributed by atoms with E-state index in [4.69, 9.17) is 9.47 Å². The van der Waals surface area contributed by atoms with Crippen LogP contribution in [0.4, 0.5) is 0 Å². The summed E-state index contributed by atoms with van der Waals surface area (Å²) in [4.78, 5) is 11.8. The van der Waals surface area contributed by atoms with E-state index in [-0.39, 0.29) is 18.3 Å². The smallest absolute Gasteiger partial charge is 0.223 e. The normalized spacial score (nSPS) is 14.9. The first kappa shape index (κ1) is 21.6. The van der Waals surface area contributed by atoms with Gasteiger partial charge in [0.15, 0.2) is 11.5 Å². The van der Waals surface area contributed by atoms with E-state index < -0.39 is 0 Å². The Morgan fingerprint density at radius 3 is 2.44 bits per heavy atom. The van der Waals surface area contributed by atoms with Gasteiger partial charge in [-0.25, -0.2) is 0 Å². The number of para-hydroxylation sites is 2. The molecule has 142 valence electrons. The quantitative estimate of drug-likeness (QED) is 0.517. The molecule has 2 N–H and O–H groups in total. The molecule has 0 aliphatic heterocycles. The van der Waals surface area contributed by atoms with Gasteiger partial charge in [0, 0.05) is 19.1 Å². The number of hydrogen-bond acceptors (Lipinski definition) is 4. The van der Waals surface area contributed by atoms with Crippen molar-refractivity contribution in [3.63, 3.8) is 0 Å². The van der Waals surface area contributed by atoms with Gasteiger partial charge in [-0.2, -0.15) is 0 Å². The van der Waals surface area contributed by atoms with Gasteiger partial charge < -0.3 is 20.1 Å². The van der Waals surface area contributed by atoms with Crippen LogP contribution < -0.4 is 20.1 Å². The van der Waals surface area contributed by atoms with Crippen LogP contribution in [0.15, 0.2) is 24.3 Å². The highest BCUT2D eigenvalue weighted by atomic mass is 35.5. The summed E-state index contributed by atoms with van der Waals surface area (Å²) in [6, 6.07) is 8.08. The Kier molecular flexibility index (Phi) is 11.1. The zero-order valence-corrected chi connectivity index (χ0v) is 15.9. The van der Waals surface area contributed by atoms with Gasteiger partial charge in [0.1, 0.15) is 0 Å². The molecule has 0 spiro atoms. The average Bonchev–Trinajstić information content (AvgIpc) is 2.88. The van der Waals surface area contributed by atoms with Crippen molar-refractivity contribution in [2.24, 2.45) is 0 Å². The number of nitrogens with one attached hydrogen (secondary N) is 2. The van der Waals surface area contributed by atoms with Crippen molar-refractivity contribution in [3.8, 4) is 11.5 Å². The molecule has 0 saturated heterocycles. The number of carbonyl (C=O) groups excluding carboxylic acids is 1. The molecule has 1 aliphatic carbocycles. The molecule has 25 heavy (non-hydrogen) atoms. The lowest BCUT2D eigenvalue weighted by Gasteiger charge is -2.16. The lowest BCUT2D eigenvalue weighted by atomic mass is 10.1. The standard InChI is InChI=1S/C19H30N2O3.ClH/c1-23-17-10-6-7-11-18(17)24-15-12-19(22)21-14-13-20-16-8-4-2-3-5-9-16;/h6-7,10-11,16,20H,2-5,8-9,12-15H2,1H3,(H,21,22);1H. The van der Waals surface area contributed by atoms with Gasteiger partial charge in [0.25, 0.3) is 0 Å². The molecule has 1 aromatic rings. The SMILES string of the molecule is COc1ccccc1OCCC(=O)NCCNC1CCCCCC1.Cl. The molecule has 0 bridgehead atoms. The molecule has 0 heterocycles. The second-order valence-corrected chi connectivity index (χ2v) is 6.24. The number of halogens is 1. The van der Waals surface area contributed by atoms with E-state index >= 15 is 0 Å². The number of benzene rings is 1. The van der Waals surface area contributed by atoms with Crippen molar-refractivity contribution in [1.29, 1.82) is 0 Å². The molecule has 0 atom stereocenters. The van der Waals surface area contributed by atoms with Crippen molar-refractivity contribution in [2.75, 3.05) is 26.8 Å². The minimum Gasteiger partial charge on any atom is -0.493 e. The Morgan fingerprint density at radius 2 is 1.76 bits per heavy atom. The topological polar surface area (TPSA) is 59.6 Å². The predicted molar refractivity (Wildman–Crippen MR) is 103 cm³/mol. The fraction of sp³-hybridized carbons (Fsp3) is 0.632. The Balaban J connectivity index is 0.00000312. The van der Waals surface area contributed by atoms with Crippen LogP contribution in [0.25, 0.3) is 0 Å². The molecule has 2 rings (SSSR count). The summed E-state index contributed by atoms with van der Waals surface area (Å²) in [5.41, 5.74) is 0. The van der Waals surface area contributed by atoms with Crippen LogP contribution in [0.2, 0.25) is 0 Å². The molecule has 1 aromatic carbocycles. The monoisotopic (exact) mass is 370 g/mol. The largest absolute Gasteiger partial charge is 0.493 e. The summed E-state index contributed by atoms with van der Waals surface area (Å²) in [7, 11) is 1.61. The van der Waals surface area contributed by atoms with Gasteiger partial charge in [-0.3, -0.25) is 4.79 Å². The van der Waals surface area contributed by atoms with Crippen molar-refractivity contribution >= 4 is 18.3 Å². The van der Waals surface area contributed by atoms with Crippen molar-refractivity contribution in [1.82, 2.24) is 10.6 Å². The maximum Gasteiger partial charge on any atom is 0.223 e. The fourth-order valence-corrected chi connectivity index (χ4v) is 3.04. The Morgan fingerprint density at radius 1 is 1.08 bits per heavy atom. The molecule has 1 fully saturated rings. The fourth-order valence-electron chi connectivity index (χ4n) is 3.04. The maximum atomic E-state index is 11.8. The molecular weight excluding hydrogens is 340 g/mol. The minimum atomic E-state index is 0. The summed E-state index contributed by atoms with van der Waals surface area (Å²) in [5.74, 6) is 1.38. The first-order valence-electron chi connectivity index (χ1n) is 9.05. The molecule has 0 unspecified atom stereocenters. The molecule has 1 saturated carbocycles. The summed E-state index contributed by atoms with van der Waals surface area (Å²) in [6.07, 6.45) is 8.25. The van der Waals surface area contributed by atoms with E-state index in [9.17, 15) is 4.79 Å². The highest BCUT2D eigenvalue weighted by Crippen LogP contribution is 2.25. The van der Waals surface area contributed by atoms with Crippen molar-refractivity contribution < 1.29 is 14.3 Å². The molecule has 1 aliphatic rings. The van der Waals surface area contributed by atoms with E-state index in [1.807, 2.05) is 24.3 Å². The number of amides is 1. The van der Waals surface area contributed by atoms with Crippen LogP contribution in [0.3, 0.4) is 0 Å². The number of hydrogen-bond donors (Lipinski definition) is 2. The van der Waals surface area contributed by atoms with Gasteiger partial charge in [0.05, 0.1) is 20.1 Å². The molecule has 0 aromatic heterocycles. The predicted octanol–water partition coefficient (Wildman–Crippen LogP) is 3.31. The number of methoxy groups -OCH3 is 1. The third-order valence-corrected chi connectivity index (χ3v) is 4.39. The summed E-state index contributed by atoms with van der Waals surface area (Å²) < 4.78 is 10.8. The van der Waals surface area contributed by atoms with E-state index in [0.717, 1.165) is 6.54 Å². The van der Waals surface area contributed by atoms with E-state index in [0.29, 0.717) is 37.1 Å². The van der Waals surface area contributed by atoms with Crippen LogP contribution in [0.1, 0.15) is 44.9 Å². The first-order valence-corrected chi connectivity index (χ1v) is 9.05. The molecular formula is C19H31ClN2O3. The average molecular weight is 371 g/mol. The molecule has 1 amide bonds. The lowest BCUT2D eigenvalue weighted by Crippen LogP contribution is -2.37. The number of carbonyl (C=O) groups is 1. The summed E-state index contributed by atoms with van der Waals surface area (Å²) in [6.45, 7) is 1.86. The van der Waals surface area contributed by atoms with Gasteiger partial charge >= 0.3 is 0 Å². The lowest BCUT2D eigenvalue weighted by molar-refractivity contribution is -0.121. The summed E-state index contributed by atoms with van der Waals surface area (Å²) in [5, 5.41) is 6.49. The molecule has 6 heteroatoms. The van der Waals surface area contributed by atoms with Gasteiger partial charge in [0.2, 0.25) is 5.91 Å². The van der Waals surface area contributed by atoms with Crippen LogP contribution in [-0.4, -0.2) is 38.8 Å². The third kappa shape index (κ3) is 8.45. The van der Waals surface area contributed by atoms with Gasteiger partial charge in [-0.1, -0.05) is 37.8 Å². The highest BCUT2D eigenvalue weighted by molar-refractivity contribution is 5.85. The third-order valence-electron chi connectivity index (χ3n) is 4.39. The maximum absolute atomic E-state index is 11.8. The second-order valence-electron chi connectivity index (χ2n) is 6.24. The van der Waals surface area contributed by atoms with E-state index in [1.165, 1.54) is 38.5 Å². The number of ether oxygens (including phenoxy) is 2. The Hall–Kier alpha value is -1.46. The van der Waals surface area contributed by atoms with Gasteiger partial charge in [-0.15, -0.1) is 12.4 Å². The number of rotatable bonds is 9. The van der Waals surface area contributed by atoms with Gasteiger partial charge in [-0.05, 0) is 25.0 Å². The Bertz CT molecular complexity index is 491.